The number of hydrogen-bond donors (Lipinski definition) is 4. The van der Waals surface area contributed by atoms with Crippen LogP contribution in [0.5, 0.6) is 0 Å². The lowest BCUT2D eigenvalue weighted by Gasteiger charge is -2.12. The molecule has 4 aromatic rings. The fourth-order valence-electron chi connectivity index (χ4n) is 3.36. The third kappa shape index (κ3) is 4.06. The highest BCUT2D eigenvalue weighted by molar-refractivity contribution is 6.04. The molecule has 3 aromatic heterocycles. The van der Waals surface area contributed by atoms with E-state index < -0.39 is 17.5 Å². The van der Waals surface area contributed by atoms with Crippen LogP contribution in [0.15, 0.2) is 55.1 Å². The molecule has 34 heavy (non-hydrogen) atoms. The van der Waals surface area contributed by atoms with Crippen molar-refractivity contribution >= 4 is 17.4 Å². The molecule has 11 nitrogen and oxygen atoms in total. The van der Waals surface area contributed by atoms with Gasteiger partial charge >= 0.3 is 0 Å². The van der Waals surface area contributed by atoms with Gasteiger partial charge in [0.15, 0.2) is 23.3 Å². The van der Waals surface area contributed by atoms with E-state index in [-0.39, 0.29) is 41.2 Å². The largest absolute Gasteiger partial charge is 0.416 e. The maximum Gasteiger partial charge on any atom is 0.273 e. The van der Waals surface area contributed by atoms with Crippen LogP contribution in [0, 0.1) is 11.6 Å². The number of aromatic nitrogens is 6. The highest BCUT2D eigenvalue weighted by atomic mass is 19.2. The van der Waals surface area contributed by atoms with Gasteiger partial charge in [0.2, 0.25) is 0 Å². The first-order chi connectivity index (χ1) is 16.5. The summed E-state index contributed by atoms with van der Waals surface area (Å²) in [4.78, 5) is 25.8. The molecule has 1 atom stereocenters. The molecule has 1 aromatic carbocycles. The first-order valence-electron chi connectivity index (χ1n) is 10.0. The summed E-state index contributed by atoms with van der Waals surface area (Å²) in [5, 5.41) is 13.3. The Balaban J connectivity index is 1.46. The van der Waals surface area contributed by atoms with Gasteiger partial charge in [0.1, 0.15) is 29.4 Å². The van der Waals surface area contributed by atoms with E-state index in [9.17, 15) is 13.6 Å². The Hall–Kier alpha value is -4.65. The zero-order valence-electron chi connectivity index (χ0n) is 17.4. The van der Waals surface area contributed by atoms with Crippen LogP contribution in [0.2, 0.25) is 0 Å². The smallest absolute Gasteiger partial charge is 0.273 e. The highest BCUT2D eigenvalue weighted by Crippen LogP contribution is 2.26. The molecule has 0 radical (unpaired) electrons. The zero-order valence-corrected chi connectivity index (χ0v) is 17.4. The van der Waals surface area contributed by atoms with Crippen molar-refractivity contribution in [1.82, 2.24) is 35.4 Å². The number of H-pyrrole nitrogens is 1. The van der Waals surface area contributed by atoms with Gasteiger partial charge in [-0.3, -0.25) is 14.6 Å². The number of nitrogens with two attached hydrogens (primary N) is 1. The van der Waals surface area contributed by atoms with Crippen molar-refractivity contribution in [3.63, 3.8) is 0 Å². The summed E-state index contributed by atoms with van der Waals surface area (Å²) in [6.45, 7) is -0.0429. The second-order valence-electron chi connectivity index (χ2n) is 7.28. The van der Waals surface area contributed by atoms with Crippen molar-refractivity contribution in [3.05, 3.63) is 83.6 Å². The minimum Gasteiger partial charge on any atom is -0.416 e. The molecular formula is C21H17F2N9O2. The number of nitrogen functional groups attached to an aromatic ring is 1. The van der Waals surface area contributed by atoms with Crippen molar-refractivity contribution in [1.29, 1.82) is 0 Å². The summed E-state index contributed by atoms with van der Waals surface area (Å²) >= 11 is 0. The van der Waals surface area contributed by atoms with Crippen LogP contribution in [0.1, 0.15) is 27.8 Å². The van der Waals surface area contributed by atoms with Crippen LogP contribution in [-0.2, 0) is 11.4 Å². The van der Waals surface area contributed by atoms with Crippen molar-refractivity contribution < 1.29 is 18.4 Å². The molecule has 0 saturated heterocycles. The number of anilines is 2. The number of rotatable bonds is 6. The lowest BCUT2D eigenvalue weighted by molar-refractivity contribution is 0.102. The predicted octanol–water partition coefficient (Wildman–Crippen LogP) is 2.31. The third-order valence-corrected chi connectivity index (χ3v) is 5.06. The number of nitrogens with zero attached hydrogens (tertiary/aromatic N) is 5. The second kappa shape index (κ2) is 8.71. The summed E-state index contributed by atoms with van der Waals surface area (Å²) in [7, 11) is 0. The Kier molecular flexibility index (Phi) is 5.43. The van der Waals surface area contributed by atoms with E-state index in [1.807, 2.05) is 0 Å². The average Bonchev–Trinajstić information content (AvgIpc) is 3.60. The number of benzene rings is 1. The van der Waals surface area contributed by atoms with E-state index in [1.165, 1.54) is 41.5 Å². The monoisotopic (exact) mass is 465 g/mol. The summed E-state index contributed by atoms with van der Waals surface area (Å²) in [5.74, 6) is -2.15. The van der Waals surface area contributed by atoms with Crippen LogP contribution >= 0.6 is 0 Å². The Labute approximate surface area is 190 Å². The summed E-state index contributed by atoms with van der Waals surface area (Å²) in [6, 6.07) is 6.76. The van der Waals surface area contributed by atoms with E-state index in [4.69, 9.17) is 10.6 Å². The van der Waals surface area contributed by atoms with Gasteiger partial charge in [-0.25, -0.2) is 18.7 Å². The molecule has 1 unspecified atom stereocenters. The number of halogens is 2. The number of amides is 1. The predicted molar refractivity (Wildman–Crippen MR) is 116 cm³/mol. The van der Waals surface area contributed by atoms with Crippen LogP contribution < -0.4 is 16.5 Å². The zero-order chi connectivity index (χ0) is 23.7. The average molecular weight is 465 g/mol. The van der Waals surface area contributed by atoms with Gasteiger partial charge in [0.05, 0.1) is 18.4 Å². The van der Waals surface area contributed by atoms with E-state index in [2.05, 4.69) is 36.1 Å². The van der Waals surface area contributed by atoms with Crippen LogP contribution in [0.25, 0.3) is 11.5 Å². The number of hydroxylamine groups is 1. The number of carbonyl (C=O) groups excluding carboxylic acids is 1. The minimum atomic E-state index is -0.950. The lowest BCUT2D eigenvalue weighted by Crippen LogP contribution is -2.18. The molecule has 5 rings (SSSR count). The SMILES string of the molecule is Nc1nc(-c2cc(C3C=CON3)n(Cc3cccc(F)c3F)n2)ncc1NC(=O)c1ccn[nH]1. The normalized spacial score (nSPS) is 14.8. The molecular weight excluding hydrogens is 448 g/mol. The fraction of sp³-hybridized carbons (Fsp3) is 0.0952. The molecule has 13 heteroatoms. The maximum absolute atomic E-state index is 14.3. The first kappa shape index (κ1) is 21.2. The molecule has 1 aliphatic rings. The van der Waals surface area contributed by atoms with Crippen molar-refractivity contribution in [2.45, 2.75) is 12.6 Å². The third-order valence-electron chi connectivity index (χ3n) is 5.06. The highest BCUT2D eigenvalue weighted by Gasteiger charge is 2.23. The van der Waals surface area contributed by atoms with Crippen molar-refractivity contribution in [2.24, 2.45) is 0 Å². The maximum atomic E-state index is 14.3. The molecule has 0 aliphatic carbocycles. The molecule has 0 bridgehead atoms. The van der Waals surface area contributed by atoms with Gasteiger partial charge in [-0.15, -0.1) is 5.48 Å². The molecule has 0 fully saturated rings. The molecule has 5 N–H and O–H groups in total. The molecule has 172 valence electrons. The molecule has 0 spiro atoms. The van der Waals surface area contributed by atoms with Gasteiger partial charge in [0.25, 0.3) is 5.91 Å². The summed E-state index contributed by atoms with van der Waals surface area (Å²) in [6.07, 6.45) is 6.01. The lowest BCUT2D eigenvalue weighted by atomic mass is 10.1. The number of hydrogen-bond acceptors (Lipinski definition) is 8. The number of nitrogens with one attached hydrogen (secondary N) is 3. The van der Waals surface area contributed by atoms with Gasteiger partial charge < -0.3 is 15.9 Å². The van der Waals surface area contributed by atoms with E-state index in [0.717, 1.165) is 6.07 Å². The van der Waals surface area contributed by atoms with Gasteiger partial charge in [-0.2, -0.15) is 10.2 Å². The standard InChI is InChI=1S/C21H17F2N9O2/c22-12-3-1-2-11(18(12)23)10-32-17(13-5-7-34-31-13)8-15(30-32)20-25-9-16(19(24)28-20)27-21(33)14-4-6-26-29-14/h1-9,13,31H,10H2,(H,26,29)(H,27,33)(H2,24,25,28). The van der Waals surface area contributed by atoms with Crippen molar-refractivity contribution in [3.8, 4) is 11.5 Å². The van der Waals surface area contributed by atoms with Crippen LogP contribution in [0.4, 0.5) is 20.3 Å². The Morgan fingerprint density at radius 1 is 1.29 bits per heavy atom. The fourth-order valence-corrected chi connectivity index (χ4v) is 3.36. The van der Waals surface area contributed by atoms with Crippen LogP contribution in [0.3, 0.4) is 0 Å². The molecule has 4 heterocycles. The Morgan fingerprint density at radius 3 is 2.91 bits per heavy atom. The van der Waals surface area contributed by atoms with E-state index in [0.29, 0.717) is 11.4 Å². The number of aromatic amines is 1. The Bertz CT molecular complexity index is 1390. The van der Waals surface area contributed by atoms with E-state index >= 15 is 0 Å². The molecule has 1 aliphatic heterocycles. The molecule has 0 saturated carbocycles. The van der Waals surface area contributed by atoms with E-state index in [1.54, 1.807) is 12.1 Å². The van der Waals surface area contributed by atoms with Gasteiger partial charge in [-0.1, -0.05) is 12.1 Å². The molecule has 1 amide bonds. The quantitative estimate of drug-likeness (QED) is 0.339. The van der Waals surface area contributed by atoms with Gasteiger partial charge in [-0.05, 0) is 24.3 Å². The van der Waals surface area contributed by atoms with Crippen molar-refractivity contribution in [2.75, 3.05) is 11.1 Å². The summed E-state index contributed by atoms with van der Waals surface area (Å²) < 4.78 is 29.5. The number of carbonyl (C=O) groups is 1. The van der Waals surface area contributed by atoms with Crippen LogP contribution in [-0.4, -0.2) is 35.9 Å². The Morgan fingerprint density at radius 2 is 2.18 bits per heavy atom. The first-order valence-corrected chi connectivity index (χ1v) is 10.0. The minimum absolute atomic E-state index is 0.0207. The van der Waals surface area contributed by atoms with Gasteiger partial charge in [0, 0.05) is 11.8 Å². The second-order valence-corrected chi connectivity index (χ2v) is 7.28. The topological polar surface area (TPSA) is 149 Å². The summed E-state index contributed by atoms with van der Waals surface area (Å²) in [5.41, 5.74) is 10.3.